The summed E-state index contributed by atoms with van der Waals surface area (Å²) in [5, 5.41) is 9.27. The number of nitriles is 1. The first kappa shape index (κ1) is 19.1. The van der Waals surface area contributed by atoms with Crippen molar-refractivity contribution in [3.05, 3.63) is 59.7 Å². The third-order valence-corrected chi connectivity index (χ3v) is 5.04. The molecule has 0 N–H and O–H groups in total. The molecule has 27 heavy (non-hydrogen) atoms. The van der Waals surface area contributed by atoms with E-state index in [2.05, 4.69) is 40.1 Å². The van der Waals surface area contributed by atoms with Gasteiger partial charge in [-0.05, 0) is 22.8 Å². The molecule has 3 rings (SSSR count). The first-order valence-corrected chi connectivity index (χ1v) is 9.30. The Balaban J connectivity index is 1.55. The summed E-state index contributed by atoms with van der Waals surface area (Å²) in [6.07, 6.45) is 0. The van der Waals surface area contributed by atoms with E-state index in [1.165, 1.54) is 5.56 Å². The lowest BCUT2D eigenvalue weighted by atomic mass is 9.99. The van der Waals surface area contributed by atoms with Gasteiger partial charge in [0.05, 0.1) is 18.2 Å². The van der Waals surface area contributed by atoms with Crippen LogP contribution >= 0.6 is 0 Å². The van der Waals surface area contributed by atoms with E-state index >= 15 is 0 Å². The number of amides is 1. The molecule has 2 aromatic carbocycles. The van der Waals surface area contributed by atoms with Crippen LogP contribution in [0.25, 0.3) is 11.1 Å². The number of piperazine rings is 1. The Hall–Kier alpha value is -2.68. The van der Waals surface area contributed by atoms with Crippen LogP contribution in [0.15, 0.2) is 48.5 Å². The van der Waals surface area contributed by atoms with Crippen LogP contribution in [0.1, 0.15) is 11.1 Å². The number of rotatable bonds is 5. The predicted molar refractivity (Wildman–Crippen MR) is 107 cm³/mol. The molecular weight excluding hydrogens is 336 g/mol. The smallest absolute Gasteiger partial charge is 0.236 e. The average molecular weight is 362 g/mol. The molecule has 2 aromatic rings. The Bertz CT molecular complexity index is 815. The highest BCUT2D eigenvalue weighted by atomic mass is 16.2. The molecule has 140 valence electrons. The van der Waals surface area contributed by atoms with Gasteiger partial charge in [-0.2, -0.15) is 5.26 Å². The van der Waals surface area contributed by atoms with E-state index in [0.717, 1.165) is 43.9 Å². The summed E-state index contributed by atoms with van der Waals surface area (Å²) in [6.45, 7) is 5.21. The maximum Gasteiger partial charge on any atom is 0.236 e. The van der Waals surface area contributed by atoms with Crippen LogP contribution < -0.4 is 0 Å². The van der Waals surface area contributed by atoms with Gasteiger partial charge in [0.2, 0.25) is 5.91 Å². The molecule has 1 amide bonds. The number of benzene rings is 2. The molecule has 0 aromatic heterocycles. The fourth-order valence-corrected chi connectivity index (χ4v) is 3.32. The lowest BCUT2D eigenvalue weighted by Crippen LogP contribution is -2.48. The van der Waals surface area contributed by atoms with E-state index in [9.17, 15) is 10.1 Å². The third kappa shape index (κ3) is 4.94. The molecule has 1 aliphatic heterocycles. The highest BCUT2D eigenvalue weighted by molar-refractivity contribution is 5.77. The molecule has 1 saturated heterocycles. The van der Waals surface area contributed by atoms with E-state index in [1.54, 1.807) is 19.0 Å². The summed E-state index contributed by atoms with van der Waals surface area (Å²) in [5.41, 5.74) is 4.02. The van der Waals surface area contributed by atoms with Gasteiger partial charge in [0.25, 0.3) is 0 Å². The summed E-state index contributed by atoms with van der Waals surface area (Å²) in [5.74, 6) is 0.164. The SMILES string of the molecule is CN(C)C(=O)CN1CCN(Cc2ccc(-c3ccccc3C#N)cc2)CC1. The lowest BCUT2D eigenvalue weighted by Gasteiger charge is -2.34. The number of carbonyl (C=O) groups is 1. The van der Waals surface area contributed by atoms with Crippen LogP contribution in [0.2, 0.25) is 0 Å². The van der Waals surface area contributed by atoms with E-state index in [1.807, 2.05) is 24.3 Å². The number of likely N-dealkylation sites (N-methyl/N-ethyl adjacent to an activating group) is 1. The van der Waals surface area contributed by atoms with Crippen molar-refractivity contribution in [3.8, 4) is 17.2 Å². The van der Waals surface area contributed by atoms with E-state index in [4.69, 9.17) is 0 Å². The summed E-state index contributed by atoms with van der Waals surface area (Å²) in [7, 11) is 3.61. The zero-order chi connectivity index (χ0) is 19.2. The zero-order valence-electron chi connectivity index (χ0n) is 16.1. The largest absolute Gasteiger partial charge is 0.348 e. The molecule has 1 heterocycles. The highest BCUT2D eigenvalue weighted by Gasteiger charge is 2.19. The summed E-state index contributed by atoms with van der Waals surface area (Å²) in [4.78, 5) is 18.1. The monoisotopic (exact) mass is 362 g/mol. The number of hydrogen-bond donors (Lipinski definition) is 0. The maximum atomic E-state index is 11.8. The van der Waals surface area contributed by atoms with Gasteiger partial charge >= 0.3 is 0 Å². The van der Waals surface area contributed by atoms with Gasteiger partial charge in [-0.1, -0.05) is 42.5 Å². The molecule has 5 nitrogen and oxygen atoms in total. The van der Waals surface area contributed by atoms with Crippen molar-refractivity contribution < 1.29 is 4.79 Å². The van der Waals surface area contributed by atoms with Crippen molar-refractivity contribution in [2.45, 2.75) is 6.54 Å². The maximum absolute atomic E-state index is 11.8. The van der Waals surface area contributed by atoms with E-state index < -0.39 is 0 Å². The molecule has 0 saturated carbocycles. The van der Waals surface area contributed by atoms with Crippen LogP contribution in [-0.2, 0) is 11.3 Å². The van der Waals surface area contributed by atoms with Gasteiger partial charge in [-0.3, -0.25) is 14.6 Å². The first-order valence-electron chi connectivity index (χ1n) is 9.30. The quantitative estimate of drug-likeness (QED) is 0.820. The second-order valence-electron chi connectivity index (χ2n) is 7.19. The minimum Gasteiger partial charge on any atom is -0.348 e. The highest BCUT2D eigenvalue weighted by Crippen LogP contribution is 2.24. The molecule has 0 spiro atoms. The molecule has 0 bridgehead atoms. The summed E-state index contributed by atoms with van der Waals surface area (Å²) >= 11 is 0. The number of hydrogen-bond acceptors (Lipinski definition) is 4. The van der Waals surface area contributed by atoms with Crippen molar-refractivity contribution in [1.29, 1.82) is 5.26 Å². The van der Waals surface area contributed by atoms with Crippen molar-refractivity contribution >= 4 is 5.91 Å². The van der Waals surface area contributed by atoms with Crippen LogP contribution in [0, 0.1) is 11.3 Å². The first-order chi connectivity index (χ1) is 13.1. The standard InChI is InChI=1S/C22H26N4O/c1-24(2)22(27)17-26-13-11-25(12-14-26)16-18-7-9-19(10-8-18)21-6-4-3-5-20(21)15-23/h3-10H,11-14,16-17H2,1-2H3. The fraction of sp³-hybridized carbons (Fsp3) is 0.364. The van der Waals surface area contributed by atoms with E-state index in [-0.39, 0.29) is 5.91 Å². The fourth-order valence-electron chi connectivity index (χ4n) is 3.32. The van der Waals surface area contributed by atoms with Crippen molar-refractivity contribution in [1.82, 2.24) is 14.7 Å². The van der Waals surface area contributed by atoms with E-state index in [0.29, 0.717) is 12.1 Å². The Morgan fingerprint density at radius 1 is 1.00 bits per heavy atom. The third-order valence-electron chi connectivity index (χ3n) is 5.04. The molecule has 0 atom stereocenters. The molecule has 1 fully saturated rings. The summed E-state index contributed by atoms with van der Waals surface area (Å²) < 4.78 is 0. The molecular formula is C22H26N4O. The number of carbonyl (C=O) groups excluding carboxylic acids is 1. The Morgan fingerprint density at radius 3 is 2.26 bits per heavy atom. The molecule has 1 aliphatic rings. The minimum atomic E-state index is 0.164. The Morgan fingerprint density at radius 2 is 1.63 bits per heavy atom. The average Bonchev–Trinajstić information content (AvgIpc) is 2.70. The van der Waals surface area contributed by atoms with Crippen molar-refractivity contribution in [2.75, 3.05) is 46.8 Å². The van der Waals surface area contributed by atoms with Crippen LogP contribution in [0.4, 0.5) is 0 Å². The zero-order valence-corrected chi connectivity index (χ0v) is 16.1. The van der Waals surface area contributed by atoms with Crippen LogP contribution in [0.5, 0.6) is 0 Å². The van der Waals surface area contributed by atoms with Gasteiger partial charge in [-0.15, -0.1) is 0 Å². The topological polar surface area (TPSA) is 50.6 Å². The number of nitrogens with zero attached hydrogens (tertiary/aromatic N) is 4. The van der Waals surface area contributed by atoms with Gasteiger partial charge in [0, 0.05) is 46.8 Å². The van der Waals surface area contributed by atoms with Crippen LogP contribution in [-0.4, -0.2) is 67.4 Å². The van der Waals surface area contributed by atoms with Crippen molar-refractivity contribution in [2.24, 2.45) is 0 Å². The Kier molecular flexibility index (Phi) is 6.23. The second kappa shape index (κ2) is 8.81. The van der Waals surface area contributed by atoms with Gasteiger partial charge in [-0.25, -0.2) is 0 Å². The van der Waals surface area contributed by atoms with Gasteiger partial charge in [0.15, 0.2) is 0 Å². The molecule has 0 unspecified atom stereocenters. The van der Waals surface area contributed by atoms with Gasteiger partial charge in [0.1, 0.15) is 0 Å². The molecule has 5 heteroatoms. The molecule has 0 aliphatic carbocycles. The van der Waals surface area contributed by atoms with Crippen LogP contribution in [0.3, 0.4) is 0 Å². The Labute approximate surface area is 161 Å². The van der Waals surface area contributed by atoms with Crippen molar-refractivity contribution in [3.63, 3.8) is 0 Å². The minimum absolute atomic E-state index is 0.164. The normalized spacial score (nSPS) is 15.3. The summed E-state index contributed by atoms with van der Waals surface area (Å²) in [6, 6.07) is 18.4. The lowest BCUT2D eigenvalue weighted by molar-refractivity contribution is -0.130. The predicted octanol–water partition coefficient (Wildman–Crippen LogP) is 2.43. The van der Waals surface area contributed by atoms with Gasteiger partial charge < -0.3 is 4.90 Å². The molecule has 0 radical (unpaired) electrons. The second-order valence-corrected chi connectivity index (χ2v) is 7.19.